The van der Waals surface area contributed by atoms with E-state index in [1.807, 2.05) is 0 Å². The molecule has 0 N–H and O–H groups in total. The van der Waals surface area contributed by atoms with E-state index in [-0.39, 0.29) is 16.7 Å². The number of pyridine rings is 3. The Morgan fingerprint density at radius 1 is 0.583 bits per heavy atom. The van der Waals surface area contributed by atoms with Crippen LogP contribution in [0.1, 0.15) is 0 Å². The van der Waals surface area contributed by atoms with Crippen molar-refractivity contribution < 1.29 is 35.5 Å². The average Bonchev–Trinajstić information content (AvgIpc) is 2.92. The van der Waals surface area contributed by atoms with Gasteiger partial charge in [-0.2, -0.15) is 0 Å². The second kappa shape index (κ2) is 13.6. The van der Waals surface area contributed by atoms with E-state index in [2.05, 4.69) is 36.7 Å². The Bertz CT molecular complexity index is 1330. The minimum absolute atomic E-state index is 0.132. The SMILES string of the molecule is Fc1c[c-]c(-c2ccccn2)c(F)c1.Fc1cc(F)c(-c2ccccn2)[c-]c1-c1ccccn1.[Cl][Ir+2]. The van der Waals surface area contributed by atoms with E-state index in [1.165, 1.54) is 17.9 Å². The molecule has 3 heterocycles. The molecule has 0 atom stereocenters. The Hall–Kier alpha value is -3.45. The van der Waals surface area contributed by atoms with Gasteiger partial charge in [0, 0.05) is 41.6 Å². The van der Waals surface area contributed by atoms with Crippen LogP contribution in [-0.2, 0) is 17.9 Å². The van der Waals surface area contributed by atoms with Gasteiger partial charge in [-0.3, -0.25) is 27.5 Å². The molecule has 0 aliphatic rings. The molecule has 182 valence electrons. The van der Waals surface area contributed by atoms with Crippen LogP contribution in [0.5, 0.6) is 0 Å². The van der Waals surface area contributed by atoms with Crippen LogP contribution in [0, 0.1) is 35.4 Å². The van der Waals surface area contributed by atoms with Crippen LogP contribution in [-0.4, -0.2) is 15.0 Å². The number of nitrogens with zero attached hydrogens (tertiary/aromatic N) is 3. The van der Waals surface area contributed by atoms with Crippen molar-refractivity contribution in [3.63, 3.8) is 0 Å². The Balaban J connectivity index is 0.000000198. The van der Waals surface area contributed by atoms with Crippen LogP contribution in [0.2, 0.25) is 0 Å². The number of rotatable bonds is 3. The molecule has 2 aromatic carbocycles. The molecular weight excluding hydrogens is 670 g/mol. The molecule has 0 saturated carbocycles. The molecule has 0 unspecified atom stereocenters. The first-order chi connectivity index (χ1) is 17.5. The maximum absolute atomic E-state index is 13.9. The number of halogens is 5. The van der Waals surface area contributed by atoms with Crippen LogP contribution >= 0.6 is 9.58 Å². The number of aromatic nitrogens is 3. The summed E-state index contributed by atoms with van der Waals surface area (Å²) in [6.07, 6.45) is 4.64. The molecule has 3 aromatic heterocycles. The van der Waals surface area contributed by atoms with Crippen molar-refractivity contribution in [2.75, 3.05) is 0 Å². The van der Waals surface area contributed by atoms with Crippen LogP contribution in [0.15, 0.2) is 91.4 Å². The Morgan fingerprint density at radius 2 is 1.00 bits per heavy atom. The molecule has 0 bridgehead atoms. The van der Waals surface area contributed by atoms with Crippen molar-refractivity contribution in [2.45, 2.75) is 0 Å². The predicted molar refractivity (Wildman–Crippen MR) is 126 cm³/mol. The minimum atomic E-state index is -0.694. The standard InChI is InChI=1S/C16H9F2N2.C11H6F2N.ClH.Ir/c17-13-10-14(18)12(16-6-2-4-8-20-16)9-11(13)15-5-1-3-7-19-15;12-8-4-5-9(10(13)7-8)11-3-1-2-6-14-11;;/h1-8,10H;1-4,6-7H;1H;/q2*-1;;+3/p-1. The van der Waals surface area contributed by atoms with Crippen molar-refractivity contribution >= 4 is 9.58 Å². The van der Waals surface area contributed by atoms with E-state index in [0.29, 0.717) is 17.1 Å². The molecule has 0 aliphatic carbocycles. The summed E-state index contributed by atoms with van der Waals surface area (Å²) in [7, 11) is 4.64. The maximum atomic E-state index is 13.9. The Labute approximate surface area is 220 Å². The number of hydrogen-bond donors (Lipinski definition) is 0. The van der Waals surface area contributed by atoms with Crippen LogP contribution in [0.25, 0.3) is 33.8 Å². The van der Waals surface area contributed by atoms with Crippen molar-refractivity contribution in [2.24, 2.45) is 0 Å². The Morgan fingerprint density at radius 3 is 1.39 bits per heavy atom. The van der Waals surface area contributed by atoms with Crippen molar-refractivity contribution in [1.82, 2.24) is 15.0 Å². The van der Waals surface area contributed by atoms with Gasteiger partial charge < -0.3 is 4.98 Å². The molecule has 0 spiro atoms. The fourth-order valence-corrected chi connectivity index (χ4v) is 3.05. The van der Waals surface area contributed by atoms with Gasteiger partial charge in [0.2, 0.25) is 0 Å². The zero-order chi connectivity index (χ0) is 25.9. The molecule has 5 aromatic rings. The fraction of sp³-hybridized carbons (Fsp3) is 0. The molecule has 0 radical (unpaired) electrons. The summed E-state index contributed by atoms with van der Waals surface area (Å²) >= 11 is 1.47. The molecule has 36 heavy (non-hydrogen) atoms. The van der Waals surface area contributed by atoms with Gasteiger partial charge >= 0.3 is 27.5 Å². The zero-order valence-corrected chi connectivity index (χ0v) is 21.4. The fourth-order valence-electron chi connectivity index (χ4n) is 3.05. The summed E-state index contributed by atoms with van der Waals surface area (Å²) in [6.45, 7) is 0. The molecular formula is C27H15ClF4IrN3. The van der Waals surface area contributed by atoms with E-state index in [0.717, 1.165) is 18.2 Å². The van der Waals surface area contributed by atoms with Crippen molar-refractivity contribution in [3.8, 4) is 33.8 Å². The summed E-state index contributed by atoms with van der Waals surface area (Å²) in [4.78, 5) is 12.1. The molecule has 0 fully saturated rings. The third-order valence-electron chi connectivity index (χ3n) is 4.60. The summed E-state index contributed by atoms with van der Waals surface area (Å²) in [5.41, 5.74) is 1.71. The summed E-state index contributed by atoms with van der Waals surface area (Å²) in [5, 5.41) is 0. The van der Waals surface area contributed by atoms with Gasteiger partial charge in [-0.1, -0.05) is 65.2 Å². The van der Waals surface area contributed by atoms with Crippen LogP contribution in [0.4, 0.5) is 17.6 Å². The molecule has 0 amide bonds. The second-order valence-electron chi connectivity index (χ2n) is 6.90. The zero-order valence-electron chi connectivity index (χ0n) is 18.2. The van der Waals surface area contributed by atoms with Crippen molar-refractivity contribution in [1.29, 1.82) is 0 Å². The van der Waals surface area contributed by atoms with Crippen molar-refractivity contribution in [3.05, 3.63) is 127 Å². The van der Waals surface area contributed by atoms with Gasteiger partial charge in [0.15, 0.2) is 0 Å². The third kappa shape index (κ3) is 7.04. The third-order valence-corrected chi connectivity index (χ3v) is 4.60. The first-order valence-corrected chi connectivity index (χ1v) is 13.1. The van der Waals surface area contributed by atoms with Gasteiger partial charge in [0.05, 0.1) is 11.6 Å². The second-order valence-corrected chi connectivity index (χ2v) is 6.90. The van der Waals surface area contributed by atoms with E-state index >= 15 is 0 Å². The summed E-state index contributed by atoms with van der Waals surface area (Å²) in [5.74, 6) is -2.67. The average molecular weight is 685 g/mol. The Kier molecular flexibility index (Phi) is 10.2. The summed E-state index contributed by atoms with van der Waals surface area (Å²) < 4.78 is 53.6. The molecule has 0 aliphatic heterocycles. The summed E-state index contributed by atoms with van der Waals surface area (Å²) in [6, 6.07) is 23.3. The van der Waals surface area contributed by atoms with E-state index in [9.17, 15) is 17.6 Å². The monoisotopic (exact) mass is 685 g/mol. The topological polar surface area (TPSA) is 38.7 Å². The molecule has 0 saturated heterocycles. The van der Waals surface area contributed by atoms with Crippen LogP contribution in [0.3, 0.4) is 0 Å². The first-order valence-electron chi connectivity index (χ1n) is 10.2. The van der Waals surface area contributed by atoms with Gasteiger partial charge in [-0.25, -0.2) is 0 Å². The normalized spacial score (nSPS) is 9.94. The quantitative estimate of drug-likeness (QED) is 0.147. The molecule has 5 rings (SSSR count). The van der Waals surface area contributed by atoms with Gasteiger partial charge in [-0.15, -0.1) is 18.2 Å². The number of hydrogen-bond acceptors (Lipinski definition) is 3. The van der Waals surface area contributed by atoms with Gasteiger partial charge in [-0.05, 0) is 23.9 Å². The first kappa shape index (κ1) is 27.1. The van der Waals surface area contributed by atoms with E-state index in [1.54, 1.807) is 73.2 Å². The van der Waals surface area contributed by atoms with Gasteiger partial charge in [0.25, 0.3) is 0 Å². The van der Waals surface area contributed by atoms with E-state index < -0.39 is 23.3 Å². The van der Waals surface area contributed by atoms with Gasteiger partial charge in [0.1, 0.15) is 0 Å². The molecule has 9 heteroatoms. The van der Waals surface area contributed by atoms with Crippen LogP contribution < -0.4 is 0 Å². The van der Waals surface area contributed by atoms with E-state index in [4.69, 9.17) is 0 Å². The predicted octanol–water partition coefficient (Wildman–Crippen LogP) is 7.40. The molecule has 3 nitrogen and oxygen atoms in total. The number of benzene rings is 2.